The average molecular weight is 361 g/mol. The van der Waals surface area contributed by atoms with E-state index < -0.39 is 14.9 Å². The zero-order chi connectivity index (χ0) is 16.5. The van der Waals surface area contributed by atoms with Crippen LogP contribution in [-0.2, 0) is 10.0 Å². The summed E-state index contributed by atoms with van der Waals surface area (Å²) >= 11 is 11.6. The Labute approximate surface area is 136 Å². The lowest BCUT2D eigenvalue weighted by Crippen LogP contribution is -2.14. The second kappa shape index (κ2) is 6.12. The van der Waals surface area contributed by atoms with Crippen LogP contribution in [0.5, 0.6) is 0 Å². The molecule has 0 saturated carbocycles. The van der Waals surface area contributed by atoms with Crippen LogP contribution in [-0.4, -0.2) is 13.3 Å². The first kappa shape index (κ1) is 16.5. The predicted molar refractivity (Wildman–Crippen MR) is 85.1 cm³/mol. The van der Waals surface area contributed by atoms with Crippen molar-refractivity contribution in [3.8, 4) is 0 Å². The fraction of sp³-hybridized carbons (Fsp3) is 0.0769. The number of rotatable bonds is 4. The van der Waals surface area contributed by atoms with Gasteiger partial charge in [-0.2, -0.15) is 0 Å². The highest BCUT2D eigenvalue weighted by molar-refractivity contribution is 7.92. The molecule has 0 atom stereocenters. The molecular weight excluding hydrogens is 351 g/mol. The van der Waals surface area contributed by atoms with E-state index in [1.807, 2.05) is 0 Å². The van der Waals surface area contributed by atoms with Crippen molar-refractivity contribution in [2.24, 2.45) is 0 Å². The van der Waals surface area contributed by atoms with Gasteiger partial charge < -0.3 is 0 Å². The van der Waals surface area contributed by atoms with Gasteiger partial charge in [-0.25, -0.2) is 8.42 Å². The minimum atomic E-state index is -3.92. The van der Waals surface area contributed by atoms with Gasteiger partial charge in [-0.1, -0.05) is 29.3 Å². The number of nitrogens with zero attached hydrogens (tertiary/aromatic N) is 1. The zero-order valence-corrected chi connectivity index (χ0v) is 13.5. The SMILES string of the molecule is Cc1c(Cl)cccc1S(=O)(=O)Nc1ccc(Cl)c([N+](=O)[O-])c1. The number of nitrogens with one attached hydrogen (secondary N) is 1. The van der Waals surface area contributed by atoms with Crippen molar-refractivity contribution in [1.29, 1.82) is 0 Å². The molecule has 2 aromatic carbocycles. The Kier molecular flexibility index (Phi) is 4.60. The molecule has 0 unspecified atom stereocenters. The van der Waals surface area contributed by atoms with Crippen molar-refractivity contribution in [3.63, 3.8) is 0 Å². The van der Waals surface area contributed by atoms with Crippen LogP contribution in [0.1, 0.15) is 5.56 Å². The molecule has 9 heteroatoms. The summed E-state index contributed by atoms with van der Waals surface area (Å²) < 4.78 is 27.0. The Morgan fingerprint density at radius 3 is 2.45 bits per heavy atom. The van der Waals surface area contributed by atoms with E-state index in [0.29, 0.717) is 10.6 Å². The quantitative estimate of drug-likeness (QED) is 0.658. The molecule has 0 aromatic heterocycles. The third-order valence-electron chi connectivity index (χ3n) is 2.90. The van der Waals surface area contributed by atoms with E-state index in [9.17, 15) is 18.5 Å². The number of hydrogen-bond acceptors (Lipinski definition) is 4. The zero-order valence-electron chi connectivity index (χ0n) is 11.2. The number of halogens is 2. The normalized spacial score (nSPS) is 11.2. The van der Waals surface area contributed by atoms with Crippen molar-refractivity contribution in [2.75, 3.05) is 4.72 Å². The lowest BCUT2D eigenvalue weighted by atomic mass is 10.2. The first-order chi connectivity index (χ1) is 10.2. The van der Waals surface area contributed by atoms with Crippen LogP contribution in [0.15, 0.2) is 41.3 Å². The molecule has 2 rings (SSSR count). The van der Waals surface area contributed by atoms with Gasteiger partial charge in [0.05, 0.1) is 15.5 Å². The molecule has 0 amide bonds. The highest BCUT2D eigenvalue weighted by Crippen LogP contribution is 2.29. The van der Waals surface area contributed by atoms with Gasteiger partial charge in [0.2, 0.25) is 0 Å². The summed E-state index contributed by atoms with van der Waals surface area (Å²) in [6, 6.07) is 8.13. The van der Waals surface area contributed by atoms with Crippen molar-refractivity contribution < 1.29 is 13.3 Å². The molecule has 1 N–H and O–H groups in total. The van der Waals surface area contributed by atoms with E-state index >= 15 is 0 Å². The van der Waals surface area contributed by atoms with Gasteiger partial charge in [-0.15, -0.1) is 0 Å². The first-order valence-corrected chi connectivity index (χ1v) is 8.18. The lowest BCUT2D eigenvalue weighted by Gasteiger charge is -2.11. The molecule has 0 heterocycles. The Balaban J connectivity index is 2.43. The molecule has 6 nitrogen and oxygen atoms in total. The molecule has 0 radical (unpaired) electrons. The van der Waals surface area contributed by atoms with Crippen LogP contribution in [0.25, 0.3) is 0 Å². The maximum Gasteiger partial charge on any atom is 0.289 e. The van der Waals surface area contributed by atoms with Gasteiger partial charge in [0.15, 0.2) is 0 Å². The summed E-state index contributed by atoms with van der Waals surface area (Å²) in [6.45, 7) is 1.57. The van der Waals surface area contributed by atoms with Crippen LogP contribution in [0.3, 0.4) is 0 Å². The Morgan fingerprint density at radius 1 is 1.14 bits per heavy atom. The second-order valence-corrected chi connectivity index (χ2v) is 6.86. The predicted octanol–water partition coefficient (Wildman–Crippen LogP) is 4.01. The summed E-state index contributed by atoms with van der Waals surface area (Å²) in [5.41, 5.74) is 0.0419. The van der Waals surface area contributed by atoms with E-state index in [0.717, 1.165) is 6.07 Å². The van der Waals surface area contributed by atoms with Crippen LogP contribution in [0.4, 0.5) is 11.4 Å². The maximum absolute atomic E-state index is 12.4. The number of anilines is 1. The molecule has 0 bridgehead atoms. The molecule has 0 aliphatic heterocycles. The van der Waals surface area contributed by atoms with Crippen molar-refractivity contribution in [1.82, 2.24) is 0 Å². The van der Waals surface area contributed by atoms with E-state index in [-0.39, 0.29) is 21.3 Å². The molecule has 0 fully saturated rings. The average Bonchev–Trinajstić information content (AvgIpc) is 2.43. The Bertz CT molecular complexity index is 853. The minimum absolute atomic E-state index is 0.00222. The molecule has 0 aliphatic rings. The monoisotopic (exact) mass is 360 g/mol. The Morgan fingerprint density at radius 2 is 1.82 bits per heavy atom. The van der Waals surface area contributed by atoms with E-state index in [2.05, 4.69) is 4.72 Å². The molecule has 2 aromatic rings. The van der Waals surface area contributed by atoms with Gasteiger partial charge in [0.1, 0.15) is 5.02 Å². The number of hydrogen-bond donors (Lipinski definition) is 1. The fourth-order valence-corrected chi connectivity index (χ4v) is 3.54. The highest BCUT2D eigenvalue weighted by atomic mass is 35.5. The smallest absolute Gasteiger partial charge is 0.279 e. The van der Waals surface area contributed by atoms with Crippen molar-refractivity contribution in [3.05, 3.63) is 62.1 Å². The molecule has 0 aliphatic carbocycles. The Hall–Kier alpha value is -1.83. The minimum Gasteiger partial charge on any atom is -0.279 e. The highest BCUT2D eigenvalue weighted by Gasteiger charge is 2.20. The van der Waals surface area contributed by atoms with Gasteiger partial charge in [0, 0.05) is 11.1 Å². The van der Waals surface area contributed by atoms with Crippen LogP contribution < -0.4 is 4.72 Å². The van der Waals surface area contributed by atoms with E-state index in [1.165, 1.54) is 24.3 Å². The van der Waals surface area contributed by atoms with E-state index in [4.69, 9.17) is 23.2 Å². The standard InChI is InChI=1S/C13H10Cl2N2O4S/c1-8-10(14)3-2-4-13(8)22(20,21)16-9-5-6-11(15)12(7-9)17(18)19/h2-7,16H,1H3. The largest absolute Gasteiger partial charge is 0.289 e. The number of sulfonamides is 1. The van der Waals surface area contributed by atoms with Crippen LogP contribution >= 0.6 is 23.2 Å². The number of nitro groups is 1. The third-order valence-corrected chi connectivity index (χ3v) is 5.16. The molecule has 22 heavy (non-hydrogen) atoms. The second-order valence-electron chi connectivity index (χ2n) is 4.39. The van der Waals surface area contributed by atoms with Crippen LogP contribution in [0.2, 0.25) is 10.0 Å². The molecule has 0 saturated heterocycles. The first-order valence-electron chi connectivity index (χ1n) is 5.94. The van der Waals surface area contributed by atoms with Gasteiger partial charge >= 0.3 is 0 Å². The maximum atomic E-state index is 12.4. The van der Waals surface area contributed by atoms with Gasteiger partial charge in [0.25, 0.3) is 15.7 Å². The third kappa shape index (κ3) is 3.32. The number of benzene rings is 2. The molecular formula is C13H10Cl2N2O4S. The van der Waals surface area contributed by atoms with Crippen LogP contribution in [0, 0.1) is 17.0 Å². The van der Waals surface area contributed by atoms with Gasteiger partial charge in [-0.3, -0.25) is 14.8 Å². The molecule has 0 spiro atoms. The topological polar surface area (TPSA) is 89.3 Å². The summed E-state index contributed by atoms with van der Waals surface area (Å²) in [4.78, 5) is 10.1. The van der Waals surface area contributed by atoms with Crippen molar-refractivity contribution in [2.45, 2.75) is 11.8 Å². The summed E-state index contributed by atoms with van der Waals surface area (Å²) in [5.74, 6) is 0. The summed E-state index contributed by atoms with van der Waals surface area (Å²) in [7, 11) is -3.92. The lowest BCUT2D eigenvalue weighted by molar-refractivity contribution is -0.384. The summed E-state index contributed by atoms with van der Waals surface area (Å²) in [6.07, 6.45) is 0. The fourth-order valence-electron chi connectivity index (χ4n) is 1.81. The van der Waals surface area contributed by atoms with Gasteiger partial charge in [-0.05, 0) is 36.8 Å². The summed E-state index contributed by atoms with van der Waals surface area (Å²) in [5, 5.41) is 11.1. The number of nitro benzene ring substituents is 1. The molecule has 116 valence electrons. The van der Waals surface area contributed by atoms with E-state index in [1.54, 1.807) is 13.0 Å². The van der Waals surface area contributed by atoms with Crippen molar-refractivity contribution >= 4 is 44.6 Å².